The lowest BCUT2D eigenvalue weighted by Gasteiger charge is -2.15. The van der Waals surface area contributed by atoms with Crippen molar-refractivity contribution in [1.82, 2.24) is 5.43 Å². The van der Waals surface area contributed by atoms with E-state index >= 15 is 0 Å². The summed E-state index contributed by atoms with van der Waals surface area (Å²) in [6.45, 7) is 7.82. The summed E-state index contributed by atoms with van der Waals surface area (Å²) in [5.74, 6) is 5.39. The van der Waals surface area contributed by atoms with Crippen LogP contribution in [0.1, 0.15) is 19.8 Å². The molecule has 3 N–H and O–H groups in total. The molecule has 4 nitrogen and oxygen atoms in total. The van der Waals surface area contributed by atoms with Crippen LogP contribution in [0.5, 0.6) is 0 Å². The van der Waals surface area contributed by atoms with Crippen LogP contribution in [-0.2, 0) is 9.47 Å². The third kappa shape index (κ3) is 8.19. The van der Waals surface area contributed by atoms with Crippen LogP contribution in [-0.4, -0.2) is 33.0 Å². The standard InChI is InChI=1S/C10H22N2O2/c1-9(2)8-10(12-11)4-5-14-7-6-13-3/h10,12H,1,4-8,11H2,2-3H3. The van der Waals surface area contributed by atoms with Gasteiger partial charge in [0.2, 0.25) is 0 Å². The topological polar surface area (TPSA) is 56.5 Å². The first kappa shape index (κ1) is 13.6. The SMILES string of the molecule is C=C(C)CC(CCOCCOC)NN. The van der Waals surface area contributed by atoms with E-state index in [1.807, 2.05) is 6.92 Å². The third-order valence-electron chi connectivity index (χ3n) is 1.87. The lowest BCUT2D eigenvalue weighted by molar-refractivity contribution is 0.0658. The highest BCUT2D eigenvalue weighted by Crippen LogP contribution is 2.04. The summed E-state index contributed by atoms with van der Waals surface area (Å²) in [7, 11) is 1.66. The van der Waals surface area contributed by atoms with Gasteiger partial charge in [0.15, 0.2) is 0 Å². The number of methoxy groups -OCH3 is 1. The predicted octanol–water partition coefficient (Wildman–Crippen LogP) is 0.838. The maximum absolute atomic E-state index is 5.39. The number of hydrogen-bond donors (Lipinski definition) is 2. The molecule has 1 unspecified atom stereocenters. The Hall–Kier alpha value is -0.420. The van der Waals surface area contributed by atoms with Crippen LogP contribution in [0.2, 0.25) is 0 Å². The molecule has 0 bridgehead atoms. The molecule has 0 aromatic rings. The minimum atomic E-state index is 0.259. The van der Waals surface area contributed by atoms with Crippen molar-refractivity contribution in [1.29, 1.82) is 0 Å². The first-order valence-corrected chi connectivity index (χ1v) is 4.88. The average Bonchev–Trinajstić information content (AvgIpc) is 2.15. The molecule has 0 aliphatic rings. The van der Waals surface area contributed by atoms with Gasteiger partial charge in [0.1, 0.15) is 0 Å². The van der Waals surface area contributed by atoms with E-state index in [9.17, 15) is 0 Å². The van der Waals surface area contributed by atoms with E-state index in [0.29, 0.717) is 19.8 Å². The van der Waals surface area contributed by atoms with E-state index < -0.39 is 0 Å². The molecule has 14 heavy (non-hydrogen) atoms. The molecule has 0 aromatic carbocycles. The Morgan fingerprint density at radius 1 is 1.43 bits per heavy atom. The number of hydrazine groups is 1. The quantitative estimate of drug-likeness (QED) is 0.252. The van der Waals surface area contributed by atoms with Crippen LogP contribution in [0.15, 0.2) is 12.2 Å². The molecule has 0 saturated carbocycles. The maximum Gasteiger partial charge on any atom is 0.0700 e. The Morgan fingerprint density at radius 3 is 2.64 bits per heavy atom. The molecule has 0 aliphatic heterocycles. The third-order valence-corrected chi connectivity index (χ3v) is 1.87. The molecule has 4 heteroatoms. The van der Waals surface area contributed by atoms with E-state index in [0.717, 1.165) is 18.4 Å². The lowest BCUT2D eigenvalue weighted by atomic mass is 10.1. The summed E-state index contributed by atoms with van der Waals surface area (Å²) in [5, 5.41) is 0. The summed E-state index contributed by atoms with van der Waals surface area (Å²) >= 11 is 0. The fraction of sp³-hybridized carbons (Fsp3) is 0.800. The van der Waals surface area contributed by atoms with Gasteiger partial charge in [-0.3, -0.25) is 11.3 Å². The smallest absolute Gasteiger partial charge is 0.0700 e. The second-order valence-electron chi connectivity index (χ2n) is 3.42. The van der Waals surface area contributed by atoms with Crippen molar-refractivity contribution in [3.05, 3.63) is 12.2 Å². The lowest BCUT2D eigenvalue weighted by Crippen LogP contribution is -2.36. The molecule has 0 spiro atoms. The highest BCUT2D eigenvalue weighted by atomic mass is 16.5. The summed E-state index contributed by atoms with van der Waals surface area (Å²) in [6.07, 6.45) is 1.79. The van der Waals surface area contributed by atoms with Gasteiger partial charge in [-0.15, -0.1) is 6.58 Å². The van der Waals surface area contributed by atoms with Crippen LogP contribution < -0.4 is 11.3 Å². The van der Waals surface area contributed by atoms with Crippen molar-refractivity contribution in [3.8, 4) is 0 Å². The summed E-state index contributed by atoms with van der Waals surface area (Å²) in [4.78, 5) is 0. The van der Waals surface area contributed by atoms with Crippen molar-refractivity contribution in [2.75, 3.05) is 26.9 Å². The second-order valence-corrected chi connectivity index (χ2v) is 3.42. The summed E-state index contributed by atoms with van der Waals surface area (Å²) in [6, 6.07) is 0.259. The Balaban J connectivity index is 3.38. The Kier molecular flexibility index (Phi) is 8.87. The number of hydrogen-bond acceptors (Lipinski definition) is 4. The van der Waals surface area contributed by atoms with Crippen LogP contribution >= 0.6 is 0 Å². The van der Waals surface area contributed by atoms with Gasteiger partial charge in [-0.1, -0.05) is 5.57 Å². The van der Waals surface area contributed by atoms with Gasteiger partial charge in [0, 0.05) is 19.8 Å². The maximum atomic E-state index is 5.39. The Bertz CT molecular complexity index is 151. The monoisotopic (exact) mass is 202 g/mol. The number of nitrogens with one attached hydrogen (secondary N) is 1. The molecule has 0 fully saturated rings. The molecule has 0 heterocycles. The first-order chi connectivity index (χ1) is 6.70. The van der Waals surface area contributed by atoms with Crippen molar-refractivity contribution in [2.24, 2.45) is 5.84 Å². The van der Waals surface area contributed by atoms with E-state index in [1.54, 1.807) is 7.11 Å². The van der Waals surface area contributed by atoms with E-state index in [-0.39, 0.29) is 6.04 Å². The second kappa shape index (κ2) is 9.15. The fourth-order valence-corrected chi connectivity index (χ4v) is 1.13. The number of ether oxygens (including phenoxy) is 2. The Morgan fingerprint density at radius 2 is 2.14 bits per heavy atom. The van der Waals surface area contributed by atoms with Crippen LogP contribution in [0.4, 0.5) is 0 Å². The molecular formula is C10H22N2O2. The molecule has 0 amide bonds. The molecule has 0 aliphatic carbocycles. The van der Waals surface area contributed by atoms with E-state index in [4.69, 9.17) is 15.3 Å². The molecule has 1 atom stereocenters. The van der Waals surface area contributed by atoms with Gasteiger partial charge >= 0.3 is 0 Å². The average molecular weight is 202 g/mol. The van der Waals surface area contributed by atoms with Crippen LogP contribution in [0, 0.1) is 0 Å². The minimum Gasteiger partial charge on any atom is -0.382 e. The molecular weight excluding hydrogens is 180 g/mol. The van der Waals surface area contributed by atoms with Gasteiger partial charge in [-0.2, -0.15) is 0 Å². The van der Waals surface area contributed by atoms with Crippen molar-refractivity contribution in [3.63, 3.8) is 0 Å². The zero-order chi connectivity index (χ0) is 10.8. The summed E-state index contributed by atoms with van der Waals surface area (Å²) < 4.78 is 10.2. The van der Waals surface area contributed by atoms with Crippen LogP contribution in [0.3, 0.4) is 0 Å². The van der Waals surface area contributed by atoms with Gasteiger partial charge in [-0.05, 0) is 19.8 Å². The fourth-order valence-electron chi connectivity index (χ4n) is 1.13. The molecule has 0 saturated heterocycles. The van der Waals surface area contributed by atoms with E-state index in [1.165, 1.54) is 0 Å². The first-order valence-electron chi connectivity index (χ1n) is 4.88. The van der Waals surface area contributed by atoms with Gasteiger partial charge in [-0.25, -0.2) is 0 Å². The molecule has 84 valence electrons. The van der Waals surface area contributed by atoms with Gasteiger partial charge in [0.05, 0.1) is 13.2 Å². The van der Waals surface area contributed by atoms with Crippen molar-refractivity contribution >= 4 is 0 Å². The number of nitrogens with two attached hydrogens (primary N) is 1. The van der Waals surface area contributed by atoms with Gasteiger partial charge < -0.3 is 9.47 Å². The number of rotatable bonds is 9. The molecule has 0 radical (unpaired) electrons. The molecule has 0 rings (SSSR count). The van der Waals surface area contributed by atoms with Crippen molar-refractivity contribution in [2.45, 2.75) is 25.8 Å². The highest BCUT2D eigenvalue weighted by molar-refractivity contribution is 4.92. The highest BCUT2D eigenvalue weighted by Gasteiger charge is 2.05. The normalized spacial score (nSPS) is 12.8. The Labute approximate surface area is 86.4 Å². The van der Waals surface area contributed by atoms with Crippen molar-refractivity contribution < 1.29 is 9.47 Å². The predicted molar refractivity (Wildman–Crippen MR) is 57.9 cm³/mol. The van der Waals surface area contributed by atoms with Crippen LogP contribution in [0.25, 0.3) is 0 Å². The zero-order valence-corrected chi connectivity index (χ0v) is 9.21. The summed E-state index contributed by atoms with van der Waals surface area (Å²) in [5.41, 5.74) is 3.88. The zero-order valence-electron chi connectivity index (χ0n) is 9.21. The largest absolute Gasteiger partial charge is 0.382 e. The van der Waals surface area contributed by atoms with Gasteiger partial charge in [0.25, 0.3) is 0 Å². The minimum absolute atomic E-state index is 0.259. The molecule has 0 aromatic heterocycles. The van der Waals surface area contributed by atoms with E-state index in [2.05, 4.69) is 12.0 Å².